The number of phenols is 3. The van der Waals surface area contributed by atoms with E-state index in [9.17, 15) is 0 Å². The Morgan fingerprint density at radius 1 is 0.424 bits per heavy atom. The van der Waals surface area contributed by atoms with Crippen molar-refractivity contribution in [3.63, 3.8) is 0 Å². The minimum Gasteiger partial charge on any atom is -0.553 e. The molecule has 4 rings (SSSR count). The van der Waals surface area contributed by atoms with Crippen LogP contribution in [0.3, 0.4) is 0 Å². The summed E-state index contributed by atoms with van der Waals surface area (Å²) in [6.45, 7) is 8.02. The molecule has 3 N–H and O–H groups in total. The number of benzene rings is 4. The molecule has 0 bridgehead atoms. The van der Waals surface area contributed by atoms with Gasteiger partial charge in [0.15, 0.2) is 0 Å². The van der Waals surface area contributed by atoms with Crippen molar-refractivity contribution in [3.05, 3.63) is 119 Å². The van der Waals surface area contributed by atoms with E-state index in [2.05, 4.69) is 6.92 Å². The van der Waals surface area contributed by atoms with Gasteiger partial charge in [-0.3, -0.25) is 0 Å². The fourth-order valence-corrected chi connectivity index (χ4v) is 2.58. The van der Waals surface area contributed by atoms with E-state index in [-0.39, 0.29) is 0 Å². The van der Waals surface area contributed by atoms with Crippen LogP contribution < -0.4 is 4.43 Å². The van der Waals surface area contributed by atoms with Gasteiger partial charge in [-0.05, 0) is 76.2 Å². The van der Waals surface area contributed by atoms with Crippen LogP contribution in [0.25, 0.3) is 0 Å². The van der Waals surface area contributed by atoms with Gasteiger partial charge in [0, 0.05) is 0 Å². The summed E-state index contributed by atoms with van der Waals surface area (Å²) < 4.78 is 5.11. The van der Waals surface area contributed by atoms with Crippen molar-refractivity contribution in [1.82, 2.24) is 0 Å². The summed E-state index contributed by atoms with van der Waals surface area (Å²) in [7, 11) is 0.774. The van der Waals surface area contributed by atoms with Crippen LogP contribution in [0.4, 0.5) is 0 Å². The van der Waals surface area contributed by atoms with Gasteiger partial charge in [-0.1, -0.05) is 70.8 Å². The molecular weight excluding hydrogens is 428 g/mol. The Morgan fingerprint density at radius 2 is 0.636 bits per heavy atom. The summed E-state index contributed by atoms with van der Waals surface area (Å²) in [4.78, 5) is 0. The number of aromatic hydroxyl groups is 3. The average molecular weight is 463 g/mol. The van der Waals surface area contributed by atoms with Crippen LogP contribution >= 0.6 is 0 Å². The van der Waals surface area contributed by atoms with E-state index in [4.69, 9.17) is 19.7 Å². The fourth-order valence-electron chi connectivity index (χ4n) is 2.31. The van der Waals surface area contributed by atoms with E-state index in [0.717, 1.165) is 16.2 Å². The van der Waals surface area contributed by atoms with Crippen molar-refractivity contribution < 1.29 is 19.7 Å². The Bertz CT molecular complexity index is 861. The molecule has 0 radical (unpaired) electrons. The molecule has 0 aliphatic rings. The maximum atomic E-state index is 8.76. The van der Waals surface area contributed by atoms with Crippen molar-refractivity contribution in [2.24, 2.45) is 0 Å². The zero-order valence-electron chi connectivity index (χ0n) is 20.0. The SMILES string of the molecule is Cc1ccc(O)cc1.Cc1ccc(O)cc1.Cc1ccc(O)cc1.Cc1ccc(O[SiH3])cc1. The lowest BCUT2D eigenvalue weighted by Gasteiger charge is -1.98. The Morgan fingerprint density at radius 3 is 0.818 bits per heavy atom. The average Bonchev–Trinajstić information content (AvgIpc) is 2.81. The molecule has 0 fully saturated rings. The van der Waals surface area contributed by atoms with Crippen molar-refractivity contribution in [2.45, 2.75) is 27.7 Å². The van der Waals surface area contributed by atoms with Gasteiger partial charge in [0.25, 0.3) is 0 Å². The summed E-state index contributed by atoms with van der Waals surface area (Å²) >= 11 is 0. The monoisotopic (exact) mass is 462 g/mol. The first kappa shape index (κ1) is 27.3. The van der Waals surface area contributed by atoms with Crippen LogP contribution in [-0.2, 0) is 0 Å². The molecule has 4 nitrogen and oxygen atoms in total. The van der Waals surface area contributed by atoms with Crippen LogP contribution in [0, 0.1) is 27.7 Å². The van der Waals surface area contributed by atoms with Crippen LogP contribution in [0.5, 0.6) is 23.0 Å². The Kier molecular flexibility index (Phi) is 12.6. The Labute approximate surface area is 200 Å². The molecule has 4 aromatic rings. The number of phenolic OH excluding ortho intramolecular Hbond substituents is 3. The van der Waals surface area contributed by atoms with Gasteiger partial charge in [0.1, 0.15) is 23.0 Å². The molecule has 174 valence electrons. The predicted octanol–water partition coefficient (Wildman–Crippen LogP) is 5.76. The van der Waals surface area contributed by atoms with Gasteiger partial charge < -0.3 is 19.7 Å². The number of hydrogen-bond donors (Lipinski definition) is 3. The molecule has 0 saturated carbocycles. The van der Waals surface area contributed by atoms with Crippen LogP contribution in [0.2, 0.25) is 0 Å². The summed E-state index contributed by atoms with van der Waals surface area (Å²) in [5.41, 5.74) is 4.78. The lowest BCUT2D eigenvalue weighted by atomic mass is 10.2. The van der Waals surface area contributed by atoms with E-state index in [1.54, 1.807) is 36.4 Å². The maximum Gasteiger partial charge on any atom is 0.204 e. The normalized spacial score (nSPS) is 9.21. The lowest BCUT2D eigenvalue weighted by molar-refractivity contribution is 0.474. The number of hydrogen-bond acceptors (Lipinski definition) is 4. The first-order chi connectivity index (χ1) is 15.7. The molecule has 0 amide bonds. The van der Waals surface area contributed by atoms with Crippen LogP contribution in [-0.4, -0.2) is 25.8 Å². The third-order valence-electron chi connectivity index (χ3n) is 4.36. The van der Waals surface area contributed by atoms with Gasteiger partial charge in [-0.2, -0.15) is 0 Å². The third-order valence-corrected chi connectivity index (χ3v) is 4.83. The molecular formula is C28H34O4Si. The van der Waals surface area contributed by atoms with E-state index >= 15 is 0 Å². The summed E-state index contributed by atoms with van der Waals surface area (Å²) in [6, 6.07) is 29.4. The summed E-state index contributed by atoms with van der Waals surface area (Å²) in [5, 5.41) is 26.3. The quantitative estimate of drug-likeness (QED) is 0.315. The standard InChI is InChI=1S/C7H10OSi.3C7H8O/c1-6-2-4-7(8-9)5-3-6;3*1-6-2-4-7(8)5-3-6/h2-5H,1,9H3;3*2-5,8H,1H3. The molecule has 0 aromatic heterocycles. The van der Waals surface area contributed by atoms with Gasteiger partial charge in [-0.25, -0.2) is 0 Å². The van der Waals surface area contributed by atoms with E-state index < -0.39 is 0 Å². The van der Waals surface area contributed by atoms with Crippen LogP contribution in [0.1, 0.15) is 22.3 Å². The summed E-state index contributed by atoms with van der Waals surface area (Å²) in [5.74, 6) is 1.97. The van der Waals surface area contributed by atoms with E-state index in [1.165, 1.54) is 22.3 Å². The van der Waals surface area contributed by atoms with Crippen molar-refractivity contribution in [3.8, 4) is 23.0 Å². The third kappa shape index (κ3) is 13.3. The Balaban J connectivity index is 0.000000220. The number of rotatable bonds is 1. The van der Waals surface area contributed by atoms with Crippen molar-refractivity contribution in [2.75, 3.05) is 0 Å². The lowest BCUT2D eigenvalue weighted by Crippen LogP contribution is -1.83. The minimum absolute atomic E-state index is 0.329. The first-order valence-corrected chi connectivity index (χ1v) is 11.4. The molecule has 0 saturated heterocycles. The molecule has 0 unspecified atom stereocenters. The highest BCUT2D eigenvalue weighted by Gasteiger charge is 1.85. The largest absolute Gasteiger partial charge is 0.553 e. The first-order valence-electron chi connectivity index (χ1n) is 10.6. The highest BCUT2D eigenvalue weighted by atomic mass is 28.2. The zero-order valence-corrected chi connectivity index (χ0v) is 22.0. The van der Waals surface area contributed by atoms with Crippen molar-refractivity contribution in [1.29, 1.82) is 0 Å². The van der Waals surface area contributed by atoms with E-state index in [1.807, 2.05) is 81.4 Å². The maximum absolute atomic E-state index is 8.76. The highest BCUT2D eigenvalue weighted by Crippen LogP contribution is 2.10. The van der Waals surface area contributed by atoms with Gasteiger partial charge >= 0.3 is 0 Å². The highest BCUT2D eigenvalue weighted by molar-refractivity contribution is 5.99. The smallest absolute Gasteiger partial charge is 0.204 e. The molecule has 0 aliphatic heterocycles. The number of aryl methyl sites for hydroxylation is 4. The second-order valence-electron chi connectivity index (χ2n) is 7.52. The molecule has 0 heterocycles. The van der Waals surface area contributed by atoms with Gasteiger partial charge in [-0.15, -0.1) is 0 Å². The second-order valence-corrected chi connectivity index (χ2v) is 7.93. The fraction of sp³-hybridized carbons (Fsp3) is 0.143. The molecule has 0 aliphatic carbocycles. The topological polar surface area (TPSA) is 69.9 Å². The van der Waals surface area contributed by atoms with Crippen LogP contribution in [0.15, 0.2) is 97.1 Å². The molecule has 0 atom stereocenters. The second kappa shape index (κ2) is 15.2. The molecule has 4 aromatic carbocycles. The van der Waals surface area contributed by atoms with E-state index in [0.29, 0.717) is 17.2 Å². The van der Waals surface area contributed by atoms with Gasteiger partial charge in [0.05, 0.1) is 0 Å². The zero-order chi connectivity index (χ0) is 24.6. The molecule has 5 heteroatoms. The molecule has 33 heavy (non-hydrogen) atoms. The Hall–Kier alpha value is -3.70. The minimum atomic E-state index is 0.329. The van der Waals surface area contributed by atoms with Gasteiger partial charge in [0.2, 0.25) is 10.5 Å². The molecule has 0 spiro atoms. The predicted molar refractivity (Wildman–Crippen MR) is 140 cm³/mol. The van der Waals surface area contributed by atoms with Crippen molar-refractivity contribution >= 4 is 10.5 Å². The summed E-state index contributed by atoms with van der Waals surface area (Å²) in [6.07, 6.45) is 0.